The number of non-ortho nitro benzene ring substituents is 1. The molecular weight excluding hydrogens is 324 g/mol. The van der Waals surface area contributed by atoms with E-state index in [4.69, 9.17) is 4.74 Å². The van der Waals surface area contributed by atoms with E-state index < -0.39 is 11.0 Å². The SMILES string of the molecule is C[C@H]1[C@@H](NC(=O)[C@@H](C)Oc2ccc([N+](=O)[O-])cc2C=O)CCC[C@@H]1C. The molecule has 1 aliphatic rings. The molecule has 25 heavy (non-hydrogen) atoms. The standard InChI is InChI=1S/C18H24N2O5/c1-11-5-4-6-16(12(11)2)19-18(22)13(3)25-17-8-7-15(20(23)24)9-14(17)10-21/h7-13,16H,4-6H2,1-3H3,(H,19,22)/t11-,12+,13+,16-/m0/s1. The zero-order chi connectivity index (χ0) is 18.6. The molecule has 2 rings (SSSR count). The molecule has 1 N–H and O–H groups in total. The fourth-order valence-electron chi connectivity index (χ4n) is 3.18. The molecule has 1 aliphatic carbocycles. The van der Waals surface area contributed by atoms with E-state index in [1.807, 2.05) is 0 Å². The highest BCUT2D eigenvalue weighted by molar-refractivity contribution is 5.83. The Labute approximate surface area is 146 Å². The van der Waals surface area contributed by atoms with Gasteiger partial charge in [-0.15, -0.1) is 0 Å². The summed E-state index contributed by atoms with van der Waals surface area (Å²) in [5.41, 5.74) is -0.148. The summed E-state index contributed by atoms with van der Waals surface area (Å²) >= 11 is 0. The highest BCUT2D eigenvalue weighted by atomic mass is 16.6. The molecule has 0 bridgehead atoms. The third-order valence-electron chi connectivity index (χ3n) is 5.04. The highest BCUT2D eigenvalue weighted by Gasteiger charge is 2.29. The van der Waals surface area contributed by atoms with Gasteiger partial charge in [-0.3, -0.25) is 19.7 Å². The number of rotatable bonds is 6. The summed E-state index contributed by atoms with van der Waals surface area (Å²) in [6.45, 7) is 5.93. The molecule has 1 fully saturated rings. The van der Waals surface area contributed by atoms with Crippen LogP contribution >= 0.6 is 0 Å². The monoisotopic (exact) mass is 348 g/mol. The molecule has 1 aromatic carbocycles. The Kier molecular flexibility index (Phi) is 6.12. The molecule has 1 saturated carbocycles. The van der Waals surface area contributed by atoms with E-state index >= 15 is 0 Å². The first-order valence-corrected chi connectivity index (χ1v) is 8.54. The third-order valence-corrected chi connectivity index (χ3v) is 5.04. The first-order valence-electron chi connectivity index (χ1n) is 8.54. The van der Waals surface area contributed by atoms with Crippen molar-refractivity contribution in [2.24, 2.45) is 11.8 Å². The fraction of sp³-hybridized carbons (Fsp3) is 0.556. The van der Waals surface area contributed by atoms with Crippen molar-refractivity contribution in [2.45, 2.75) is 52.2 Å². The fourth-order valence-corrected chi connectivity index (χ4v) is 3.18. The van der Waals surface area contributed by atoms with Crippen LogP contribution in [0.4, 0.5) is 5.69 Å². The lowest BCUT2D eigenvalue weighted by atomic mass is 9.78. The van der Waals surface area contributed by atoms with Crippen LogP contribution < -0.4 is 10.1 Å². The lowest BCUT2D eigenvalue weighted by molar-refractivity contribution is -0.384. The number of nitrogens with zero attached hydrogens (tertiary/aromatic N) is 1. The number of hydrogen-bond acceptors (Lipinski definition) is 5. The summed E-state index contributed by atoms with van der Waals surface area (Å²) in [5.74, 6) is 0.871. The summed E-state index contributed by atoms with van der Waals surface area (Å²) in [7, 11) is 0. The molecule has 0 radical (unpaired) electrons. The average Bonchev–Trinajstić information content (AvgIpc) is 2.58. The normalized spacial score (nSPS) is 24.2. The van der Waals surface area contributed by atoms with Crippen molar-refractivity contribution in [3.05, 3.63) is 33.9 Å². The van der Waals surface area contributed by atoms with Crippen LogP contribution in [0.2, 0.25) is 0 Å². The molecule has 0 heterocycles. The number of amides is 1. The Bertz CT molecular complexity index is 661. The van der Waals surface area contributed by atoms with E-state index in [9.17, 15) is 19.7 Å². The van der Waals surface area contributed by atoms with Crippen molar-refractivity contribution >= 4 is 17.9 Å². The second-order valence-corrected chi connectivity index (χ2v) is 6.74. The molecule has 1 amide bonds. The topological polar surface area (TPSA) is 98.5 Å². The average molecular weight is 348 g/mol. The van der Waals surface area contributed by atoms with Crippen molar-refractivity contribution in [2.75, 3.05) is 0 Å². The number of nitro benzene ring substituents is 1. The van der Waals surface area contributed by atoms with E-state index in [2.05, 4.69) is 19.2 Å². The molecule has 0 saturated heterocycles. The smallest absolute Gasteiger partial charge is 0.270 e. The Morgan fingerprint density at radius 3 is 2.76 bits per heavy atom. The number of ether oxygens (including phenoxy) is 1. The predicted molar refractivity (Wildman–Crippen MR) is 92.7 cm³/mol. The largest absolute Gasteiger partial charge is 0.480 e. The lowest BCUT2D eigenvalue weighted by Gasteiger charge is -2.35. The van der Waals surface area contributed by atoms with Gasteiger partial charge in [-0.1, -0.05) is 26.7 Å². The third kappa shape index (κ3) is 4.55. The summed E-state index contributed by atoms with van der Waals surface area (Å²) < 4.78 is 5.57. The molecule has 0 aliphatic heterocycles. The quantitative estimate of drug-likeness (QED) is 0.484. The van der Waals surface area contributed by atoms with E-state index in [0.29, 0.717) is 18.1 Å². The molecular formula is C18H24N2O5. The Morgan fingerprint density at radius 1 is 1.40 bits per heavy atom. The Hall–Kier alpha value is -2.44. The molecule has 7 heteroatoms. The van der Waals surface area contributed by atoms with Crippen molar-refractivity contribution in [1.82, 2.24) is 5.32 Å². The second kappa shape index (κ2) is 8.09. The Balaban J connectivity index is 2.03. The molecule has 0 spiro atoms. The molecule has 1 aromatic rings. The van der Waals surface area contributed by atoms with Crippen LogP contribution in [0.3, 0.4) is 0 Å². The van der Waals surface area contributed by atoms with Crippen molar-refractivity contribution in [3.63, 3.8) is 0 Å². The van der Waals surface area contributed by atoms with Gasteiger partial charge >= 0.3 is 0 Å². The van der Waals surface area contributed by atoms with Crippen LogP contribution in [0.15, 0.2) is 18.2 Å². The maximum atomic E-state index is 12.4. The predicted octanol–water partition coefficient (Wildman–Crippen LogP) is 3.12. The van der Waals surface area contributed by atoms with Gasteiger partial charge in [-0.2, -0.15) is 0 Å². The highest BCUT2D eigenvalue weighted by Crippen LogP contribution is 2.29. The molecule has 0 aromatic heterocycles. The van der Waals surface area contributed by atoms with E-state index in [0.717, 1.165) is 18.9 Å². The number of nitro groups is 1. The zero-order valence-electron chi connectivity index (χ0n) is 14.7. The van der Waals surface area contributed by atoms with Gasteiger partial charge < -0.3 is 10.1 Å². The second-order valence-electron chi connectivity index (χ2n) is 6.74. The molecule has 0 unspecified atom stereocenters. The number of aldehydes is 1. The number of nitrogens with one attached hydrogen (secondary N) is 1. The first-order chi connectivity index (χ1) is 11.8. The van der Waals surface area contributed by atoms with Crippen LogP contribution in [-0.4, -0.2) is 29.3 Å². The summed E-state index contributed by atoms with van der Waals surface area (Å²) in [4.78, 5) is 33.7. The van der Waals surface area contributed by atoms with Crippen LogP contribution in [0.25, 0.3) is 0 Å². The van der Waals surface area contributed by atoms with Crippen LogP contribution in [0.5, 0.6) is 5.75 Å². The van der Waals surface area contributed by atoms with Gasteiger partial charge in [0.05, 0.1) is 10.5 Å². The van der Waals surface area contributed by atoms with Gasteiger partial charge in [0, 0.05) is 18.2 Å². The maximum Gasteiger partial charge on any atom is 0.270 e. The van der Waals surface area contributed by atoms with Gasteiger partial charge in [-0.25, -0.2) is 0 Å². The van der Waals surface area contributed by atoms with Gasteiger partial charge in [0.25, 0.3) is 11.6 Å². The van der Waals surface area contributed by atoms with Crippen LogP contribution in [0, 0.1) is 22.0 Å². The van der Waals surface area contributed by atoms with Gasteiger partial charge in [-0.05, 0) is 31.2 Å². The van der Waals surface area contributed by atoms with Gasteiger partial charge in [0.15, 0.2) is 12.4 Å². The summed E-state index contributed by atoms with van der Waals surface area (Å²) in [6.07, 6.45) is 2.89. The first kappa shape index (κ1) is 18.9. The van der Waals surface area contributed by atoms with Crippen LogP contribution in [-0.2, 0) is 4.79 Å². The number of carbonyl (C=O) groups excluding carboxylic acids is 2. The minimum Gasteiger partial charge on any atom is -0.480 e. The minimum atomic E-state index is -0.801. The van der Waals surface area contributed by atoms with E-state index in [-0.39, 0.29) is 28.9 Å². The van der Waals surface area contributed by atoms with E-state index in [1.54, 1.807) is 6.92 Å². The number of benzene rings is 1. The number of hydrogen-bond donors (Lipinski definition) is 1. The summed E-state index contributed by atoms with van der Waals surface area (Å²) in [5, 5.41) is 13.8. The van der Waals surface area contributed by atoms with Gasteiger partial charge in [0.1, 0.15) is 5.75 Å². The van der Waals surface area contributed by atoms with E-state index in [1.165, 1.54) is 18.6 Å². The molecule has 136 valence electrons. The Morgan fingerprint density at radius 2 is 2.12 bits per heavy atom. The lowest BCUT2D eigenvalue weighted by Crippen LogP contribution is -2.48. The minimum absolute atomic E-state index is 0.0495. The zero-order valence-corrected chi connectivity index (χ0v) is 14.7. The number of carbonyl (C=O) groups is 2. The van der Waals surface area contributed by atoms with Crippen molar-refractivity contribution < 1.29 is 19.2 Å². The summed E-state index contributed by atoms with van der Waals surface area (Å²) in [6, 6.07) is 3.84. The van der Waals surface area contributed by atoms with Crippen molar-refractivity contribution in [1.29, 1.82) is 0 Å². The van der Waals surface area contributed by atoms with Gasteiger partial charge in [0.2, 0.25) is 0 Å². The maximum absolute atomic E-state index is 12.4. The molecule has 4 atom stereocenters. The van der Waals surface area contributed by atoms with Crippen molar-refractivity contribution in [3.8, 4) is 5.75 Å². The molecule has 7 nitrogen and oxygen atoms in total. The van der Waals surface area contributed by atoms with Crippen LogP contribution in [0.1, 0.15) is 50.4 Å².